The smallest absolute Gasteiger partial charge is 0.281 e. The molecule has 0 fully saturated rings. The highest BCUT2D eigenvalue weighted by Crippen LogP contribution is 2.30. The van der Waals surface area contributed by atoms with Crippen LogP contribution in [0, 0.1) is 0 Å². The van der Waals surface area contributed by atoms with E-state index in [0.717, 1.165) is 0 Å². The minimum atomic E-state index is -1.97. The highest BCUT2D eigenvalue weighted by molar-refractivity contribution is 6.05. The Balaban J connectivity index is 1.73. The van der Waals surface area contributed by atoms with E-state index in [4.69, 9.17) is 0 Å². The lowest BCUT2D eigenvalue weighted by Gasteiger charge is -2.27. The molecule has 0 unspecified atom stereocenters. The van der Waals surface area contributed by atoms with Crippen molar-refractivity contribution >= 4 is 11.6 Å². The molecule has 0 bridgehead atoms. The largest absolute Gasteiger partial charge is 0.382 e. The molecule has 0 radical (unpaired) electrons. The normalized spacial score (nSPS) is 12.7. The van der Waals surface area contributed by atoms with Crippen LogP contribution < -0.4 is 5.43 Å². The van der Waals surface area contributed by atoms with Gasteiger partial charge in [0.05, 0.1) is 0 Å². The average molecular weight is 437 g/mol. The van der Waals surface area contributed by atoms with Crippen molar-refractivity contribution < 1.29 is 15.0 Å². The number of carbonyl (C=O) groups is 1. The van der Waals surface area contributed by atoms with Gasteiger partial charge in [0.25, 0.3) is 5.91 Å². The summed E-state index contributed by atoms with van der Waals surface area (Å²) in [5, 5.41) is 27.0. The fourth-order valence-electron chi connectivity index (χ4n) is 3.67. The van der Waals surface area contributed by atoms with Gasteiger partial charge in [-0.15, -0.1) is 0 Å². The number of hydrazone groups is 1. The minimum Gasteiger partial charge on any atom is -0.382 e. The van der Waals surface area contributed by atoms with Gasteiger partial charge in [-0.05, 0) is 16.7 Å². The third-order valence-corrected chi connectivity index (χ3v) is 5.43. The van der Waals surface area contributed by atoms with E-state index in [1.165, 1.54) is 0 Å². The van der Waals surface area contributed by atoms with E-state index < -0.39 is 17.6 Å². The Kier molecular flexibility index (Phi) is 6.74. The van der Waals surface area contributed by atoms with Crippen molar-refractivity contribution in [1.29, 1.82) is 0 Å². The fourth-order valence-corrected chi connectivity index (χ4v) is 3.67. The van der Waals surface area contributed by atoms with Crippen LogP contribution in [0.5, 0.6) is 0 Å². The van der Waals surface area contributed by atoms with Gasteiger partial charge in [-0.1, -0.05) is 121 Å². The van der Waals surface area contributed by atoms with Crippen molar-refractivity contribution in [3.8, 4) is 0 Å². The molecule has 0 aliphatic rings. The molecular weight excluding hydrogens is 412 g/mol. The lowest BCUT2D eigenvalue weighted by Crippen LogP contribution is -2.44. The van der Waals surface area contributed by atoms with Crippen LogP contribution in [0.2, 0.25) is 0 Å². The third-order valence-electron chi connectivity index (χ3n) is 5.43. The average Bonchev–Trinajstić information content (AvgIpc) is 2.90. The zero-order valence-electron chi connectivity index (χ0n) is 17.9. The minimum absolute atomic E-state index is 0.263. The summed E-state index contributed by atoms with van der Waals surface area (Å²) in [6, 6.07) is 35.6. The van der Waals surface area contributed by atoms with Crippen LogP contribution in [0.25, 0.3) is 0 Å². The maximum absolute atomic E-state index is 13.4. The number of aliphatic hydroxyl groups is 2. The quantitative estimate of drug-likeness (QED) is 0.300. The summed E-state index contributed by atoms with van der Waals surface area (Å²) in [6.45, 7) is 0. The van der Waals surface area contributed by atoms with Gasteiger partial charge in [-0.25, -0.2) is 5.43 Å². The molecule has 0 aliphatic heterocycles. The first-order valence-corrected chi connectivity index (χ1v) is 10.6. The highest BCUT2D eigenvalue weighted by atomic mass is 16.3. The third kappa shape index (κ3) is 4.75. The van der Waals surface area contributed by atoms with E-state index in [-0.39, 0.29) is 5.71 Å². The van der Waals surface area contributed by atoms with E-state index in [0.29, 0.717) is 22.3 Å². The number of nitrogens with one attached hydrogen (secondary N) is 1. The van der Waals surface area contributed by atoms with E-state index in [2.05, 4.69) is 10.5 Å². The lowest BCUT2D eigenvalue weighted by molar-refractivity contribution is -0.136. The Labute approximate surface area is 192 Å². The summed E-state index contributed by atoms with van der Waals surface area (Å²) in [5.41, 5.74) is 2.91. The molecule has 4 aromatic carbocycles. The summed E-state index contributed by atoms with van der Waals surface area (Å²) >= 11 is 0. The Morgan fingerprint density at radius 2 is 1.12 bits per heavy atom. The Hall–Kier alpha value is -4.06. The van der Waals surface area contributed by atoms with Gasteiger partial charge in [0, 0.05) is 5.56 Å². The van der Waals surface area contributed by atoms with Crippen LogP contribution in [0.4, 0.5) is 0 Å². The first-order valence-electron chi connectivity index (χ1n) is 10.6. The Morgan fingerprint density at radius 1 is 0.697 bits per heavy atom. The van der Waals surface area contributed by atoms with E-state index in [9.17, 15) is 15.0 Å². The predicted molar refractivity (Wildman–Crippen MR) is 128 cm³/mol. The second-order valence-corrected chi connectivity index (χ2v) is 7.56. The second-order valence-electron chi connectivity index (χ2n) is 7.56. The Bertz CT molecular complexity index is 1170. The first-order chi connectivity index (χ1) is 16.1. The van der Waals surface area contributed by atoms with E-state index >= 15 is 0 Å². The molecule has 0 spiro atoms. The van der Waals surface area contributed by atoms with Gasteiger partial charge >= 0.3 is 0 Å². The van der Waals surface area contributed by atoms with Gasteiger partial charge in [0.2, 0.25) is 0 Å². The lowest BCUT2D eigenvalue weighted by atomic mass is 9.85. The number of carbonyl (C=O) groups excluding carboxylic acids is 1. The molecule has 0 saturated heterocycles. The van der Waals surface area contributed by atoms with Crippen molar-refractivity contribution in [2.75, 3.05) is 0 Å². The number of amides is 1. The molecule has 4 rings (SSSR count). The number of hydrogen-bond acceptors (Lipinski definition) is 4. The summed E-state index contributed by atoms with van der Waals surface area (Å²) in [5.74, 6) is -0.728. The molecule has 0 aromatic heterocycles. The highest BCUT2D eigenvalue weighted by Gasteiger charge is 2.40. The molecule has 33 heavy (non-hydrogen) atoms. The molecule has 4 aromatic rings. The number of benzene rings is 4. The fraction of sp³-hybridized carbons (Fsp3) is 0.0714. The second kappa shape index (κ2) is 10.0. The summed E-state index contributed by atoms with van der Waals surface area (Å²) in [4.78, 5) is 13.4. The van der Waals surface area contributed by atoms with Crippen LogP contribution in [0.15, 0.2) is 126 Å². The molecule has 0 heterocycles. The van der Waals surface area contributed by atoms with Gasteiger partial charge in [-0.2, -0.15) is 5.10 Å². The summed E-state index contributed by atoms with van der Waals surface area (Å²) < 4.78 is 0. The van der Waals surface area contributed by atoms with Crippen LogP contribution in [-0.4, -0.2) is 21.8 Å². The van der Waals surface area contributed by atoms with Crippen molar-refractivity contribution in [3.63, 3.8) is 0 Å². The van der Waals surface area contributed by atoms with Crippen molar-refractivity contribution in [2.45, 2.75) is 11.7 Å². The molecule has 0 aliphatic carbocycles. The molecule has 164 valence electrons. The monoisotopic (exact) mass is 436 g/mol. The number of nitrogens with zero attached hydrogens (tertiary/aromatic N) is 1. The number of rotatable bonds is 7. The predicted octanol–water partition coefficient (Wildman–Crippen LogP) is 4.18. The van der Waals surface area contributed by atoms with Crippen LogP contribution in [-0.2, 0) is 10.4 Å². The van der Waals surface area contributed by atoms with Crippen LogP contribution >= 0.6 is 0 Å². The maximum Gasteiger partial charge on any atom is 0.281 e. The van der Waals surface area contributed by atoms with Gasteiger partial charge in [0.15, 0.2) is 5.60 Å². The first kappa shape index (κ1) is 22.1. The van der Waals surface area contributed by atoms with Gasteiger partial charge < -0.3 is 10.2 Å². The van der Waals surface area contributed by atoms with Gasteiger partial charge in [0.1, 0.15) is 11.8 Å². The SMILES string of the molecule is O=C(N/N=C(/c1ccccc1)[C@H](O)c1ccccc1)C(O)(c1ccccc1)c1ccccc1. The molecule has 0 saturated carbocycles. The molecular formula is C28H24N2O3. The Morgan fingerprint density at radius 3 is 1.61 bits per heavy atom. The van der Waals surface area contributed by atoms with Crippen LogP contribution in [0.3, 0.4) is 0 Å². The van der Waals surface area contributed by atoms with Crippen LogP contribution in [0.1, 0.15) is 28.4 Å². The summed E-state index contributed by atoms with van der Waals surface area (Å²) in [7, 11) is 0. The number of hydrogen-bond donors (Lipinski definition) is 3. The molecule has 5 nitrogen and oxygen atoms in total. The standard InChI is InChI=1S/C28H24N2O3/c31-26(22-15-7-2-8-16-22)25(21-13-5-1-6-14-21)29-30-27(32)28(33,23-17-9-3-10-18-23)24-19-11-4-12-20-24/h1-20,26,31,33H,(H,30,32)/b29-25-/t26-/m1/s1. The maximum atomic E-state index is 13.4. The van der Waals surface area contributed by atoms with Gasteiger partial charge in [-0.3, -0.25) is 4.79 Å². The number of aliphatic hydroxyl groups excluding tert-OH is 1. The molecule has 5 heteroatoms. The van der Waals surface area contributed by atoms with Crippen molar-refractivity contribution in [1.82, 2.24) is 5.43 Å². The van der Waals surface area contributed by atoms with E-state index in [1.807, 2.05) is 48.5 Å². The zero-order chi connectivity index (χ0) is 23.1. The summed E-state index contributed by atoms with van der Waals surface area (Å²) in [6.07, 6.45) is -1.07. The topological polar surface area (TPSA) is 81.9 Å². The van der Waals surface area contributed by atoms with Crippen molar-refractivity contribution in [2.24, 2.45) is 5.10 Å². The molecule has 1 amide bonds. The van der Waals surface area contributed by atoms with Crippen molar-refractivity contribution in [3.05, 3.63) is 144 Å². The van der Waals surface area contributed by atoms with E-state index in [1.54, 1.807) is 72.8 Å². The zero-order valence-corrected chi connectivity index (χ0v) is 17.9. The molecule has 3 N–H and O–H groups in total. The molecule has 1 atom stereocenters.